The van der Waals surface area contributed by atoms with Gasteiger partial charge in [-0.25, -0.2) is 4.98 Å². The lowest BCUT2D eigenvalue weighted by atomic mass is 10.1. The zero-order chi connectivity index (χ0) is 11.4. The highest BCUT2D eigenvalue weighted by Gasteiger charge is 2.05. The van der Waals surface area contributed by atoms with Crippen LogP contribution in [0.5, 0.6) is 0 Å². The number of hydrogen-bond acceptors (Lipinski definition) is 3. The highest BCUT2D eigenvalue weighted by Crippen LogP contribution is 2.22. The van der Waals surface area contributed by atoms with Crippen LogP contribution in [0.15, 0.2) is 40.3 Å². The van der Waals surface area contributed by atoms with Crippen molar-refractivity contribution in [1.29, 1.82) is 0 Å². The molecule has 0 unspecified atom stereocenters. The normalized spacial score (nSPS) is 10.4. The molecule has 2 nitrogen and oxygen atoms in total. The van der Waals surface area contributed by atoms with Crippen LogP contribution in [0.1, 0.15) is 5.56 Å². The number of anilines is 1. The number of thiazole rings is 1. The third-order valence-corrected chi connectivity index (χ3v) is 4.03. The molecular weight excluding hydrogens is 284 g/mol. The Kier molecular flexibility index (Phi) is 3.96. The predicted octanol–water partition coefficient (Wildman–Crippen LogP) is 3.58. The van der Waals surface area contributed by atoms with E-state index in [2.05, 4.69) is 57.1 Å². The number of nitrogens with zero attached hydrogens (tertiary/aromatic N) is 2. The maximum atomic E-state index is 4.38. The second-order valence-corrected chi connectivity index (χ2v) is 5.26. The Hall–Kier alpha value is -0.870. The first-order valence-corrected chi connectivity index (χ1v) is 6.79. The van der Waals surface area contributed by atoms with E-state index < -0.39 is 0 Å². The first kappa shape index (κ1) is 11.6. The minimum Gasteiger partial charge on any atom is -0.351 e. The standard InChI is InChI=1S/C12H13BrN2S/c1-15(12-14-11(13)9-16-12)8-7-10-5-3-2-4-6-10/h2-6,9H,7-8H2,1H3. The number of benzene rings is 1. The van der Waals surface area contributed by atoms with Crippen molar-refractivity contribution in [2.45, 2.75) is 6.42 Å². The van der Waals surface area contributed by atoms with E-state index in [0.717, 1.165) is 22.7 Å². The first-order valence-electron chi connectivity index (χ1n) is 5.12. The number of likely N-dealkylation sites (N-methyl/N-ethyl adjacent to an activating group) is 1. The van der Waals surface area contributed by atoms with E-state index in [-0.39, 0.29) is 0 Å². The molecule has 0 bridgehead atoms. The van der Waals surface area contributed by atoms with Gasteiger partial charge in [-0.1, -0.05) is 30.3 Å². The Bertz CT molecular complexity index is 441. The summed E-state index contributed by atoms with van der Waals surface area (Å²) in [5, 5.41) is 3.07. The fraction of sp³-hybridized carbons (Fsp3) is 0.250. The molecule has 2 rings (SSSR count). The second-order valence-electron chi connectivity index (χ2n) is 3.61. The molecule has 0 fully saturated rings. The van der Waals surface area contributed by atoms with Gasteiger partial charge >= 0.3 is 0 Å². The molecular formula is C12H13BrN2S. The molecule has 0 saturated heterocycles. The minimum absolute atomic E-state index is 0.916. The Morgan fingerprint density at radius 3 is 2.69 bits per heavy atom. The number of rotatable bonds is 4. The molecule has 16 heavy (non-hydrogen) atoms. The summed E-state index contributed by atoms with van der Waals surface area (Å²) in [6, 6.07) is 10.5. The smallest absolute Gasteiger partial charge is 0.186 e. The third kappa shape index (κ3) is 3.06. The van der Waals surface area contributed by atoms with Gasteiger partial charge in [-0.15, -0.1) is 11.3 Å². The minimum atomic E-state index is 0.916. The topological polar surface area (TPSA) is 16.1 Å². The molecule has 2 aromatic rings. The molecule has 0 saturated carbocycles. The van der Waals surface area contributed by atoms with Crippen LogP contribution < -0.4 is 4.90 Å². The molecule has 0 N–H and O–H groups in total. The molecule has 0 amide bonds. The van der Waals surface area contributed by atoms with Gasteiger partial charge in [-0.05, 0) is 27.9 Å². The average Bonchev–Trinajstić information content (AvgIpc) is 2.74. The quantitative estimate of drug-likeness (QED) is 0.857. The van der Waals surface area contributed by atoms with E-state index in [0.29, 0.717) is 0 Å². The van der Waals surface area contributed by atoms with Gasteiger partial charge in [0.05, 0.1) is 0 Å². The van der Waals surface area contributed by atoms with Crippen LogP contribution in [0.4, 0.5) is 5.13 Å². The van der Waals surface area contributed by atoms with Crippen molar-refractivity contribution >= 4 is 32.4 Å². The van der Waals surface area contributed by atoms with Crippen LogP contribution >= 0.6 is 27.3 Å². The molecule has 0 spiro atoms. The molecule has 0 atom stereocenters. The first-order chi connectivity index (χ1) is 7.75. The van der Waals surface area contributed by atoms with Gasteiger partial charge in [0, 0.05) is 19.0 Å². The van der Waals surface area contributed by atoms with Crippen molar-refractivity contribution in [3.8, 4) is 0 Å². The Morgan fingerprint density at radius 2 is 2.06 bits per heavy atom. The lowest BCUT2D eigenvalue weighted by Gasteiger charge is -2.15. The largest absolute Gasteiger partial charge is 0.351 e. The monoisotopic (exact) mass is 296 g/mol. The van der Waals surface area contributed by atoms with E-state index in [1.807, 2.05) is 11.4 Å². The van der Waals surface area contributed by atoms with Crippen molar-refractivity contribution < 1.29 is 0 Å². The fourth-order valence-corrected chi connectivity index (χ4v) is 2.70. The van der Waals surface area contributed by atoms with Crippen LogP contribution in [-0.4, -0.2) is 18.6 Å². The van der Waals surface area contributed by atoms with Gasteiger partial charge in [-0.3, -0.25) is 0 Å². The highest BCUT2D eigenvalue weighted by molar-refractivity contribution is 9.10. The second kappa shape index (κ2) is 5.46. The molecule has 0 aliphatic carbocycles. The van der Waals surface area contributed by atoms with E-state index in [1.54, 1.807) is 11.3 Å². The van der Waals surface area contributed by atoms with Crippen molar-refractivity contribution in [2.24, 2.45) is 0 Å². The summed E-state index contributed by atoms with van der Waals surface area (Å²) in [4.78, 5) is 6.57. The van der Waals surface area contributed by atoms with Crippen LogP contribution in [0.2, 0.25) is 0 Å². The number of halogens is 1. The maximum absolute atomic E-state index is 4.38. The average molecular weight is 297 g/mol. The van der Waals surface area contributed by atoms with Crippen molar-refractivity contribution in [2.75, 3.05) is 18.5 Å². The van der Waals surface area contributed by atoms with E-state index >= 15 is 0 Å². The van der Waals surface area contributed by atoms with Gasteiger partial charge in [-0.2, -0.15) is 0 Å². The van der Waals surface area contributed by atoms with Gasteiger partial charge < -0.3 is 4.90 Å². The Balaban J connectivity index is 1.91. The van der Waals surface area contributed by atoms with Crippen LogP contribution in [0.3, 0.4) is 0 Å². The van der Waals surface area contributed by atoms with E-state index in [9.17, 15) is 0 Å². The molecule has 0 aliphatic rings. The van der Waals surface area contributed by atoms with Crippen molar-refractivity contribution in [1.82, 2.24) is 4.98 Å². The third-order valence-electron chi connectivity index (χ3n) is 2.37. The lowest BCUT2D eigenvalue weighted by Crippen LogP contribution is -2.19. The fourth-order valence-electron chi connectivity index (χ4n) is 1.46. The summed E-state index contributed by atoms with van der Waals surface area (Å²) in [6.45, 7) is 0.990. The summed E-state index contributed by atoms with van der Waals surface area (Å²) in [5.74, 6) is 0. The van der Waals surface area contributed by atoms with Gasteiger partial charge in [0.15, 0.2) is 5.13 Å². The molecule has 1 aromatic carbocycles. The van der Waals surface area contributed by atoms with Crippen molar-refractivity contribution in [3.05, 3.63) is 45.9 Å². The van der Waals surface area contributed by atoms with Crippen LogP contribution in [0.25, 0.3) is 0 Å². The Labute approximate surface area is 108 Å². The van der Waals surface area contributed by atoms with Gasteiger partial charge in [0.25, 0.3) is 0 Å². The molecule has 1 aromatic heterocycles. The van der Waals surface area contributed by atoms with E-state index in [4.69, 9.17) is 0 Å². The lowest BCUT2D eigenvalue weighted by molar-refractivity contribution is 0.870. The zero-order valence-electron chi connectivity index (χ0n) is 9.06. The Morgan fingerprint density at radius 1 is 1.31 bits per heavy atom. The van der Waals surface area contributed by atoms with Crippen molar-refractivity contribution in [3.63, 3.8) is 0 Å². The SMILES string of the molecule is CN(CCc1ccccc1)c1nc(Br)cs1. The number of hydrogen-bond donors (Lipinski definition) is 0. The molecule has 0 radical (unpaired) electrons. The van der Waals surface area contributed by atoms with Gasteiger partial charge in [0.1, 0.15) is 4.60 Å². The zero-order valence-corrected chi connectivity index (χ0v) is 11.5. The summed E-state index contributed by atoms with van der Waals surface area (Å²) >= 11 is 5.03. The molecule has 1 heterocycles. The summed E-state index contributed by atoms with van der Waals surface area (Å²) in [6.07, 6.45) is 1.05. The van der Waals surface area contributed by atoms with Gasteiger partial charge in [0.2, 0.25) is 0 Å². The number of aromatic nitrogens is 1. The molecule has 0 aliphatic heterocycles. The summed E-state index contributed by atoms with van der Waals surface area (Å²) < 4.78 is 0.916. The van der Waals surface area contributed by atoms with Crippen LogP contribution in [0, 0.1) is 0 Å². The highest BCUT2D eigenvalue weighted by atomic mass is 79.9. The maximum Gasteiger partial charge on any atom is 0.186 e. The predicted molar refractivity (Wildman–Crippen MR) is 73.2 cm³/mol. The van der Waals surface area contributed by atoms with Crippen LogP contribution in [-0.2, 0) is 6.42 Å². The summed E-state index contributed by atoms with van der Waals surface area (Å²) in [7, 11) is 2.08. The van der Waals surface area contributed by atoms with E-state index in [1.165, 1.54) is 5.56 Å². The summed E-state index contributed by atoms with van der Waals surface area (Å²) in [5.41, 5.74) is 1.37. The molecule has 84 valence electrons. The molecule has 4 heteroatoms.